The third kappa shape index (κ3) is 2.24. The molecule has 1 aliphatic heterocycles. The zero-order valence-corrected chi connectivity index (χ0v) is 11.1. The zero-order chi connectivity index (χ0) is 14.1. The third-order valence-electron chi connectivity index (χ3n) is 3.51. The van der Waals surface area contributed by atoms with Crippen molar-refractivity contribution in [1.82, 2.24) is 10.1 Å². The van der Waals surface area contributed by atoms with Crippen LogP contribution in [-0.2, 0) is 4.79 Å². The van der Waals surface area contributed by atoms with Crippen LogP contribution < -0.4 is 4.90 Å². The maximum absolute atomic E-state index is 11.2. The normalized spacial score (nSPS) is 18.4. The molecule has 3 rings (SSSR count). The van der Waals surface area contributed by atoms with Crippen LogP contribution in [0.5, 0.6) is 0 Å². The molecule has 0 unspecified atom stereocenters. The number of rotatable bonds is 3. The van der Waals surface area contributed by atoms with Crippen LogP contribution in [-0.4, -0.2) is 33.8 Å². The summed E-state index contributed by atoms with van der Waals surface area (Å²) in [4.78, 5) is 17.1. The zero-order valence-electron chi connectivity index (χ0n) is 11.1. The first-order valence-corrected chi connectivity index (χ1v) is 6.55. The van der Waals surface area contributed by atoms with Gasteiger partial charge < -0.3 is 14.5 Å². The van der Waals surface area contributed by atoms with E-state index in [1.807, 2.05) is 31.2 Å². The van der Waals surface area contributed by atoms with Gasteiger partial charge in [0.25, 0.3) is 0 Å². The molecule has 1 aliphatic rings. The molecule has 2 heterocycles. The van der Waals surface area contributed by atoms with Crippen LogP contribution in [0.4, 0.5) is 6.01 Å². The fraction of sp³-hybridized carbons (Fsp3) is 0.357. The monoisotopic (exact) mass is 273 g/mol. The van der Waals surface area contributed by atoms with Crippen LogP contribution >= 0.6 is 0 Å². The van der Waals surface area contributed by atoms with Gasteiger partial charge in [-0.05, 0) is 19.8 Å². The topological polar surface area (TPSA) is 79.5 Å². The van der Waals surface area contributed by atoms with Gasteiger partial charge in [0.05, 0.1) is 0 Å². The molecule has 0 aliphatic carbocycles. The Morgan fingerprint density at radius 3 is 2.85 bits per heavy atom. The Kier molecular flexibility index (Phi) is 3.14. The number of carboxylic acids is 1. The summed E-state index contributed by atoms with van der Waals surface area (Å²) >= 11 is 0. The average molecular weight is 273 g/mol. The summed E-state index contributed by atoms with van der Waals surface area (Å²) in [5.41, 5.74) is 2.01. The van der Waals surface area contributed by atoms with Crippen molar-refractivity contribution in [3.8, 4) is 11.4 Å². The molecule has 6 nitrogen and oxygen atoms in total. The van der Waals surface area contributed by atoms with Gasteiger partial charge in [0, 0.05) is 12.1 Å². The molecule has 6 heteroatoms. The van der Waals surface area contributed by atoms with E-state index < -0.39 is 12.0 Å². The number of nitrogens with zero attached hydrogens (tertiary/aromatic N) is 3. The van der Waals surface area contributed by atoms with Gasteiger partial charge in [0.2, 0.25) is 5.82 Å². The number of aromatic nitrogens is 2. The van der Waals surface area contributed by atoms with Gasteiger partial charge in [0.15, 0.2) is 0 Å². The second kappa shape index (κ2) is 4.96. The van der Waals surface area contributed by atoms with Gasteiger partial charge in [-0.1, -0.05) is 35.0 Å². The van der Waals surface area contributed by atoms with E-state index in [9.17, 15) is 4.79 Å². The predicted molar refractivity (Wildman–Crippen MR) is 72.5 cm³/mol. The third-order valence-corrected chi connectivity index (χ3v) is 3.51. The number of benzene rings is 1. The van der Waals surface area contributed by atoms with E-state index in [4.69, 9.17) is 9.63 Å². The molecular formula is C14H15N3O3. The minimum Gasteiger partial charge on any atom is -0.480 e. The predicted octanol–water partition coefficient (Wildman–Crippen LogP) is 2.10. The lowest BCUT2D eigenvalue weighted by atomic mass is 10.1. The highest BCUT2D eigenvalue weighted by molar-refractivity contribution is 5.78. The Morgan fingerprint density at radius 1 is 1.40 bits per heavy atom. The Labute approximate surface area is 116 Å². The van der Waals surface area contributed by atoms with E-state index in [2.05, 4.69) is 10.1 Å². The van der Waals surface area contributed by atoms with Crippen LogP contribution in [0.3, 0.4) is 0 Å². The van der Waals surface area contributed by atoms with E-state index in [-0.39, 0.29) is 6.01 Å². The number of hydrogen-bond acceptors (Lipinski definition) is 5. The lowest BCUT2D eigenvalue weighted by Crippen LogP contribution is -2.36. The van der Waals surface area contributed by atoms with Gasteiger partial charge in [-0.15, -0.1) is 0 Å². The van der Waals surface area contributed by atoms with Crippen molar-refractivity contribution in [2.45, 2.75) is 25.8 Å². The maximum atomic E-state index is 11.2. The van der Waals surface area contributed by atoms with Crippen LogP contribution in [0, 0.1) is 6.92 Å². The molecule has 1 saturated heterocycles. The van der Waals surface area contributed by atoms with Crippen LogP contribution in [0.25, 0.3) is 11.4 Å². The van der Waals surface area contributed by atoms with Crippen molar-refractivity contribution in [2.24, 2.45) is 0 Å². The highest BCUT2D eigenvalue weighted by Crippen LogP contribution is 2.26. The van der Waals surface area contributed by atoms with Crippen LogP contribution in [0.1, 0.15) is 18.4 Å². The molecule has 1 atom stereocenters. The first kappa shape index (κ1) is 12.7. The van der Waals surface area contributed by atoms with Crippen molar-refractivity contribution in [1.29, 1.82) is 0 Å². The highest BCUT2D eigenvalue weighted by Gasteiger charge is 2.34. The summed E-state index contributed by atoms with van der Waals surface area (Å²) in [6.07, 6.45) is 1.43. The summed E-state index contributed by atoms with van der Waals surface area (Å²) in [6, 6.07) is 7.50. The lowest BCUT2D eigenvalue weighted by molar-refractivity contribution is -0.138. The van der Waals surface area contributed by atoms with Crippen LogP contribution in [0.15, 0.2) is 28.8 Å². The van der Waals surface area contributed by atoms with Gasteiger partial charge in [-0.2, -0.15) is 4.98 Å². The van der Waals surface area contributed by atoms with Crippen molar-refractivity contribution >= 4 is 12.0 Å². The van der Waals surface area contributed by atoms with Crippen molar-refractivity contribution < 1.29 is 14.4 Å². The number of hydrogen-bond donors (Lipinski definition) is 1. The molecule has 1 N–H and O–H groups in total. The van der Waals surface area contributed by atoms with E-state index in [1.165, 1.54) is 0 Å². The first-order chi connectivity index (χ1) is 9.65. The molecule has 0 saturated carbocycles. The molecule has 1 fully saturated rings. The fourth-order valence-electron chi connectivity index (χ4n) is 2.40. The second-order valence-electron chi connectivity index (χ2n) is 4.96. The molecule has 2 aromatic rings. The average Bonchev–Trinajstić information content (AvgIpc) is 3.08. The Balaban J connectivity index is 1.86. The van der Waals surface area contributed by atoms with Crippen molar-refractivity contribution in [2.75, 3.05) is 11.4 Å². The van der Waals surface area contributed by atoms with E-state index in [0.29, 0.717) is 18.8 Å². The Morgan fingerprint density at radius 2 is 2.15 bits per heavy atom. The minimum atomic E-state index is -0.849. The smallest absolute Gasteiger partial charge is 0.326 e. The first-order valence-electron chi connectivity index (χ1n) is 6.55. The minimum absolute atomic E-state index is 0.283. The number of carbonyl (C=O) groups is 1. The molecule has 1 aromatic heterocycles. The van der Waals surface area contributed by atoms with Crippen molar-refractivity contribution in [3.05, 3.63) is 29.8 Å². The van der Waals surface area contributed by atoms with E-state index in [1.54, 1.807) is 4.90 Å². The number of aryl methyl sites for hydroxylation is 1. The molecular weight excluding hydrogens is 258 g/mol. The van der Waals surface area contributed by atoms with Gasteiger partial charge in [-0.3, -0.25) is 0 Å². The quantitative estimate of drug-likeness (QED) is 0.922. The van der Waals surface area contributed by atoms with Crippen LogP contribution in [0.2, 0.25) is 0 Å². The molecule has 104 valence electrons. The van der Waals surface area contributed by atoms with E-state index in [0.717, 1.165) is 17.5 Å². The summed E-state index contributed by atoms with van der Waals surface area (Å²) < 4.78 is 5.22. The highest BCUT2D eigenvalue weighted by atomic mass is 16.5. The molecule has 1 aromatic carbocycles. The lowest BCUT2D eigenvalue weighted by Gasteiger charge is -2.17. The summed E-state index contributed by atoms with van der Waals surface area (Å²) in [7, 11) is 0. The molecule has 0 bridgehead atoms. The number of carboxylic acid groups (broad SMARTS) is 1. The van der Waals surface area contributed by atoms with Crippen molar-refractivity contribution in [3.63, 3.8) is 0 Å². The Hall–Kier alpha value is -2.37. The summed E-state index contributed by atoms with van der Waals surface area (Å²) in [6.45, 7) is 2.64. The van der Waals surface area contributed by atoms with Gasteiger partial charge >= 0.3 is 12.0 Å². The molecule has 0 radical (unpaired) electrons. The Bertz CT molecular complexity index is 621. The molecule has 20 heavy (non-hydrogen) atoms. The largest absolute Gasteiger partial charge is 0.480 e. The maximum Gasteiger partial charge on any atom is 0.326 e. The number of aliphatic carboxylic acids is 1. The molecule has 0 amide bonds. The van der Waals surface area contributed by atoms with Gasteiger partial charge in [0.1, 0.15) is 6.04 Å². The second-order valence-corrected chi connectivity index (χ2v) is 4.96. The summed E-state index contributed by atoms with van der Waals surface area (Å²) in [5, 5.41) is 13.1. The van der Waals surface area contributed by atoms with Gasteiger partial charge in [-0.25, -0.2) is 4.79 Å². The fourth-order valence-corrected chi connectivity index (χ4v) is 2.40. The standard InChI is InChI=1S/C14H15N3O3/c1-9-4-6-10(7-5-9)12-15-14(20-16-12)17-8-2-3-11(17)13(18)19/h4-7,11H,2-3,8H2,1H3,(H,18,19)/t11-/m0/s1. The molecule has 0 spiro atoms. The summed E-state index contributed by atoms with van der Waals surface area (Å²) in [5.74, 6) is -0.367. The SMILES string of the molecule is Cc1ccc(-c2noc(N3CCC[C@H]3C(=O)O)n2)cc1. The number of anilines is 1. The van der Waals surface area contributed by atoms with E-state index >= 15 is 0 Å².